The number of carbonyl (C=O) groups excluding carboxylic acids is 2. The number of cyclic esters (lactones) is 1. The highest BCUT2D eigenvalue weighted by molar-refractivity contribution is 5.95. The van der Waals surface area contributed by atoms with E-state index in [9.17, 15) is 9.59 Å². The molecule has 0 radical (unpaired) electrons. The number of rotatable bonds is 11. The Hall–Kier alpha value is -4.78. The predicted molar refractivity (Wildman–Crippen MR) is 158 cm³/mol. The van der Waals surface area contributed by atoms with Crippen LogP contribution in [0.5, 0.6) is 11.5 Å². The van der Waals surface area contributed by atoms with Crippen LogP contribution in [0.3, 0.4) is 0 Å². The molecule has 1 aliphatic heterocycles. The number of anilines is 1. The van der Waals surface area contributed by atoms with E-state index in [0.717, 1.165) is 33.9 Å². The quantitative estimate of drug-likeness (QED) is 0.236. The molecule has 0 aliphatic carbocycles. The summed E-state index contributed by atoms with van der Waals surface area (Å²) in [5, 5.41) is 3.62. The van der Waals surface area contributed by atoms with Crippen LogP contribution in [0.4, 0.5) is 10.5 Å². The van der Waals surface area contributed by atoms with Gasteiger partial charge in [-0.25, -0.2) is 9.69 Å². The van der Waals surface area contributed by atoms with Crippen LogP contribution in [0.25, 0.3) is 0 Å². The maximum Gasteiger partial charge on any atom is 0.417 e. The van der Waals surface area contributed by atoms with E-state index >= 15 is 0 Å². The maximum absolute atomic E-state index is 14.5. The SMILES string of the molecule is COc1ccc(CC(Nc2ccc(OC)cc2)C(Cc2ccccc2)C(=O)N2C(=O)OC[C@@H]2c2ccccc2)cc1. The average Bonchev–Trinajstić information content (AvgIpc) is 3.42. The van der Waals surface area contributed by atoms with E-state index in [-0.39, 0.29) is 18.6 Å². The second-order valence-electron chi connectivity index (χ2n) is 10.0. The van der Waals surface area contributed by atoms with Gasteiger partial charge in [0.25, 0.3) is 0 Å². The highest BCUT2D eigenvalue weighted by Gasteiger charge is 2.43. The lowest BCUT2D eigenvalue weighted by molar-refractivity contribution is -0.134. The number of hydrogen-bond donors (Lipinski definition) is 1. The highest BCUT2D eigenvalue weighted by atomic mass is 16.6. The van der Waals surface area contributed by atoms with Crippen LogP contribution in [-0.2, 0) is 22.4 Å². The number of methoxy groups -OCH3 is 2. The van der Waals surface area contributed by atoms with Crippen molar-refractivity contribution in [1.82, 2.24) is 4.90 Å². The van der Waals surface area contributed by atoms with Gasteiger partial charge in [0.15, 0.2) is 0 Å². The van der Waals surface area contributed by atoms with Crippen LogP contribution in [-0.4, -0.2) is 43.8 Å². The Morgan fingerprint density at radius 1 is 0.805 bits per heavy atom. The summed E-state index contributed by atoms with van der Waals surface area (Å²) in [4.78, 5) is 28.9. The molecular weight excluding hydrogens is 516 g/mol. The van der Waals surface area contributed by atoms with Gasteiger partial charge in [0, 0.05) is 11.7 Å². The van der Waals surface area contributed by atoms with Crippen LogP contribution in [0.1, 0.15) is 22.7 Å². The zero-order valence-electron chi connectivity index (χ0n) is 23.2. The smallest absolute Gasteiger partial charge is 0.417 e. The van der Waals surface area contributed by atoms with Gasteiger partial charge in [-0.15, -0.1) is 0 Å². The van der Waals surface area contributed by atoms with Gasteiger partial charge < -0.3 is 19.5 Å². The molecule has 210 valence electrons. The van der Waals surface area contributed by atoms with Crippen LogP contribution < -0.4 is 14.8 Å². The molecule has 41 heavy (non-hydrogen) atoms. The number of hydrogen-bond acceptors (Lipinski definition) is 6. The van der Waals surface area contributed by atoms with E-state index in [2.05, 4.69) is 5.32 Å². The third-order valence-corrected chi connectivity index (χ3v) is 7.45. The number of amides is 2. The van der Waals surface area contributed by atoms with Gasteiger partial charge in [-0.2, -0.15) is 0 Å². The van der Waals surface area contributed by atoms with Gasteiger partial charge >= 0.3 is 6.09 Å². The third kappa shape index (κ3) is 6.69. The molecule has 1 fully saturated rings. The minimum atomic E-state index is -0.616. The van der Waals surface area contributed by atoms with Crippen molar-refractivity contribution >= 4 is 17.7 Å². The molecule has 1 aliphatic rings. The second-order valence-corrected chi connectivity index (χ2v) is 10.0. The van der Waals surface area contributed by atoms with Crippen molar-refractivity contribution in [3.05, 3.63) is 126 Å². The first-order valence-electron chi connectivity index (χ1n) is 13.7. The number of nitrogens with one attached hydrogen (secondary N) is 1. The van der Waals surface area contributed by atoms with E-state index in [4.69, 9.17) is 14.2 Å². The summed E-state index contributed by atoms with van der Waals surface area (Å²) >= 11 is 0. The van der Waals surface area contributed by atoms with Crippen molar-refractivity contribution in [2.24, 2.45) is 5.92 Å². The summed E-state index contributed by atoms with van der Waals surface area (Å²) < 4.78 is 16.1. The minimum Gasteiger partial charge on any atom is -0.497 e. The molecule has 7 nitrogen and oxygen atoms in total. The van der Waals surface area contributed by atoms with E-state index in [1.54, 1.807) is 14.2 Å². The van der Waals surface area contributed by atoms with Crippen LogP contribution in [0, 0.1) is 5.92 Å². The summed E-state index contributed by atoms with van der Waals surface area (Å²) in [6.07, 6.45) is 0.363. The number of carbonyl (C=O) groups is 2. The molecule has 0 spiro atoms. The Bertz CT molecular complexity index is 1380. The van der Waals surface area contributed by atoms with Crippen LogP contribution >= 0.6 is 0 Å². The summed E-state index contributed by atoms with van der Waals surface area (Å²) in [5.74, 6) is 0.642. The normalized spacial score (nSPS) is 16.0. The molecule has 1 heterocycles. The maximum atomic E-state index is 14.5. The minimum absolute atomic E-state index is 0.127. The van der Waals surface area contributed by atoms with Gasteiger partial charge in [-0.05, 0) is 65.9 Å². The molecule has 1 N–H and O–H groups in total. The molecule has 2 unspecified atom stereocenters. The lowest BCUT2D eigenvalue weighted by atomic mass is 9.86. The summed E-state index contributed by atoms with van der Waals surface area (Å²) in [7, 11) is 3.26. The van der Waals surface area contributed by atoms with Gasteiger partial charge in [-0.1, -0.05) is 72.8 Å². The van der Waals surface area contributed by atoms with E-state index in [1.807, 2.05) is 109 Å². The Labute approximate surface area is 240 Å². The van der Waals surface area contributed by atoms with Crippen molar-refractivity contribution < 1.29 is 23.8 Å². The van der Waals surface area contributed by atoms with Crippen molar-refractivity contribution in [3.8, 4) is 11.5 Å². The molecule has 0 saturated carbocycles. The molecule has 2 amide bonds. The van der Waals surface area contributed by atoms with E-state index < -0.39 is 18.1 Å². The van der Waals surface area contributed by atoms with Gasteiger partial charge in [0.1, 0.15) is 24.1 Å². The van der Waals surface area contributed by atoms with E-state index in [0.29, 0.717) is 12.8 Å². The largest absolute Gasteiger partial charge is 0.497 e. The first-order chi connectivity index (χ1) is 20.1. The monoisotopic (exact) mass is 550 g/mol. The Morgan fingerprint density at radius 2 is 1.37 bits per heavy atom. The van der Waals surface area contributed by atoms with Crippen molar-refractivity contribution in [1.29, 1.82) is 0 Å². The van der Waals surface area contributed by atoms with Crippen molar-refractivity contribution in [2.45, 2.75) is 24.9 Å². The summed E-state index contributed by atoms with van der Waals surface area (Å²) in [5.41, 5.74) is 3.75. The number of ether oxygens (including phenoxy) is 3. The fraction of sp³-hybridized carbons (Fsp3) is 0.235. The molecule has 5 rings (SSSR count). The molecule has 4 aromatic rings. The lowest BCUT2D eigenvalue weighted by Crippen LogP contribution is -2.46. The first-order valence-corrected chi connectivity index (χ1v) is 13.7. The molecule has 7 heteroatoms. The third-order valence-electron chi connectivity index (χ3n) is 7.45. The number of benzene rings is 4. The zero-order valence-corrected chi connectivity index (χ0v) is 23.2. The topological polar surface area (TPSA) is 77.1 Å². The van der Waals surface area contributed by atoms with Crippen LogP contribution in [0.15, 0.2) is 109 Å². The Kier molecular flexibility index (Phi) is 8.84. The Balaban J connectivity index is 1.53. The zero-order chi connectivity index (χ0) is 28.6. The standard InChI is InChI=1S/C34H34N2O5/c1-39-28-17-13-25(14-18-28)22-31(35-27-15-19-29(40-2)20-16-27)30(21-24-9-5-3-6-10-24)33(37)36-32(23-41-34(36)38)26-11-7-4-8-12-26/h3-20,30-32,35H,21-23H2,1-2H3/t30?,31?,32-/m1/s1. The first kappa shape index (κ1) is 27.8. The van der Waals surface area contributed by atoms with Crippen LogP contribution in [0.2, 0.25) is 0 Å². The average molecular weight is 551 g/mol. The molecule has 4 aromatic carbocycles. The Morgan fingerprint density at radius 3 is 1.98 bits per heavy atom. The van der Waals surface area contributed by atoms with Crippen molar-refractivity contribution in [3.63, 3.8) is 0 Å². The van der Waals surface area contributed by atoms with E-state index in [1.165, 1.54) is 4.90 Å². The number of imide groups is 1. The molecule has 3 atom stereocenters. The summed E-state index contributed by atoms with van der Waals surface area (Å²) in [6.45, 7) is 0.127. The molecule has 0 aromatic heterocycles. The molecule has 0 bridgehead atoms. The molecule has 1 saturated heterocycles. The summed E-state index contributed by atoms with van der Waals surface area (Å²) in [6, 6.07) is 34.1. The van der Waals surface area contributed by atoms with Gasteiger partial charge in [-0.3, -0.25) is 4.79 Å². The lowest BCUT2D eigenvalue weighted by Gasteiger charge is -2.32. The molecular formula is C34H34N2O5. The highest BCUT2D eigenvalue weighted by Crippen LogP contribution is 2.32. The van der Waals surface area contributed by atoms with Gasteiger partial charge in [0.05, 0.1) is 20.1 Å². The van der Waals surface area contributed by atoms with Crippen molar-refractivity contribution in [2.75, 3.05) is 26.1 Å². The fourth-order valence-corrected chi connectivity index (χ4v) is 5.24. The van der Waals surface area contributed by atoms with Gasteiger partial charge in [0.2, 0.25) is 5.91 Å². The number of nitrogens with zero attached hydrogens (tertiary/aromatic N) is 1. The fourth-order valence-electron chi connectivity index (χ4n) is 5.24. The second kappa shape index (κ2) is 13.0. The predicted octanol–water partition coefficient (Wildman–Crippen LogP) is 6.31.